The van der Waals surface area contributed by atoms with E-state index in [1.165, 1.54) is 10.9 Å². The average molecular weight is 317 g/mol. The summed E-state index contributed by atoms with van der Waals surface area (Å²) < 4.78 is 6.11. The molecular weight excluding hydrogens is 296 g/mol. The fraction of sp³-hybridized carbons (Fsp3) is 0.615. The molecule has 0 spiro atoms. The van der Waals surface area contributed by atoms with E-state index < -0.39 is 11.6 Å². The van der Waals surface area contributed by atoms with Gasteiger partial charge in [0.1, 0.15) is 11.1 Å². The van der Waals surface area contributed by atoms with Crippen molar-refractivity contribution in [2.75, 3.05) is 25.6 Å². The Bertz CT molecular complexity index is 533. The Kier molecular flexibility index (Phi) is 7.18. The van der Waals surface area contributed by atoms with Crippen molar-refractivity contribution < 1.29 is 9.53 Å². The van der Waals surface area contributed by atoms with E-state index in [9.17, 15) is 9.59 Å². The number of rotatable bonds is 8. The molecule has 1 unspecified atom stereocenters. The molecule has 0 radical (unpaired) electrons. The summed E-state index contributed by atoms with van der Waals surface area (Å²) >= 11 is 6.02. The molecular formula is C13H21ClN4O3. The van der Waals surface area contributed by atoms with Gasteiger partial charge in [0.2, 0.25) is 5.91 Å². The monoisotopic (exact) mass is 316 g/mol. The van der Waals surface area contributed by atoms with Crippen molar-refractivity contribution in [3.8, 4) is 0 Å². The van der Waals surface area contributed by atoms with Crippen LogP contribution in [0.2, 0.25) is 5.02 Å². The molecule has 0 bridgehead atoms. The number of ether oxygens (including phenoxy) is 1. The number of hydrogen-bond acceptors (Lipinski definition) is 5. The molecule has 1 aromatic heterocycles. The second-order valence-electron chi connectivity index (χ2n) is 4.55. The van der Waals surface area contributed by atoms with Crippen LogP contribution in [0.4, 0.5) is 5.69 Å². The van der Waals surface area contributed by atoms with Gasteiger partial charge in [-0.15, -0.1) is 0 Å². The van der Waals surface area contributed by atoms with E-state index in [0.29, 0.717) is 25.4 Å². The van der Waals surface area contributed by atoms with Crippen LogP contribution in [-0.2, 0) is 16.1 Å². The van der Waals surface area contributed by atoms with Gasteiger partial charge in [0.15, 0.2) is 0 Å². The molecule has 1 rings (SSSR count). The zero-order valence-corrected chi connectivity index (χ0v) is 13.2. The number of anilines is 1. The van der Waals surface area contributed by atoms with Gasteiger partial charge in [0.05, 0.1) is 25.0 Å². The van der Waals surface area contributed by atoms with Crippen molar-refractivity contribution in [2.45, 2.75) is 32.9 Å². The van der Waals surface area contributed by atoms with Gasteiger partial charge >= 0.3 is 0 Å². The van der Waals surface area contributed by atoms with Gasteiger partial charge in [-0.2, -0.15) is 5.10 Å². The van der Waals surface area contributed by atoms with Crippen molar-refractivity contribution in [3.63, 3.8) is 0 Å². The molecule has 1 amide bonds. The zero-order chi connectivity index (χ0) is 15.8. The van der Waals surface area contributed by atoms with E-state index in [0.717, 1.165) is 6.42 Å². The van der Waals surface area contributed by atoms with E-state index in [1.807, 2.05) is 6.92 Å². The molecule has 0 aliphatic carbocycles. The highest BCUT2D eigenvalue weighted by Gasteiger charge is 2.15. The summed E-state index contributed by atoms with van der Waals surface area (Å²) in [6.45, 7) is 4.96. The lowest BCUT2D eigenvalue weighted by atomic mass is 10.3. The summed E-state index contributed by atoms with van der Waals surface area (Å²) in [4.78, 5) is 23.8. The number of nitrogens with one attached hydrogen (secondary N) is 2. The molecule has 0 saturated carbocycles. The molecule has 0 aromatic carbocycles. The number of amides is 1. The Balaban J connectivity index is 2.78. The minimum atomic E-state index is -0.509. The maximum atomic E-state index is 12.0. The molecule has 1 heterocycles. The smallest absolute Gasteiger partial charge is 0.287 e. The van der Waals surface area contributed by atoms with Crippen LogP contribution in [0, 0.1) is 0 Å². The van der Waals surface area contributed by atoms with Gasteiger partial charge in [0, 0.05) is 13.7 Å². The summed E-state index contributed by atoms with van der Waals surface area (Å²) in [6.07, 6.45) is 2.29. The predicted octanol–water partition coefficient (Wildman–Crippen LogP) is 0.870. The summed E-state index contributed by atoms with van der Waals surface area (Å²) in [5, 5.41) is 9.66. The van der Waals surface area contributed by atoms with Crippen LogP contribution < -0.4 is 16.2 Å². The predicted molar refractivity (Wildman–Crippen MR) is 81.8 cm³/mol. The maximum absolute atomic E-state index is 12.0. The van der Waals surface area contributed by atoms with Crippen molar-refractivity contribution >= 4 is 23.2 Å². The Morgan fingerprint density at radius 3 is 2.90 bits per heavy atom. The highest BCUT2D eigenvalue weighted by atomic mass is 35.5. The molecule has 7 nitrogen and oxygen atoms in total. The normalized spacial score (nSPS) is 12.0. The third-order valence-electron chi connectivity index (χ3n) is 2.81. The number of halogens is 1. The first kappa shape index (κ1) is 17.5. The number of carbonyl (C=O) groups excluding carboxylic acids is 1. The number of methoxy groups -OCH3 is 1. The van der Waals surface area contributed by atoms with Crippen LogP contribution >= 0.6 is 11.6 Å². The quantitative estimate of drug-likeness (QED) is 0.743. The highest BCUT2D eigenvalue weighted by Crippen LogP contribution is 2.16. The molecule has 118 valence electrons. The molecule has 8 heteroatoms. The summed E-state index contributed by atoms with van der Waals surface area (Å²) in [5.74, 6) is -0.156. The van der Waals surface area contributed by atoms with Crippen molar-refractivity contribution in [3.05, 3.63) is 21.6 Å². The Labute approximate surface area is 128 Å². The summed E-state index contributed by atoms with van der Waals surface area (Å²) in [6, 6.07) is -0.509. The molecule has 0 saturated heterocycles. The van der Waals surface area contributed by atoms with Gasteiger partial charge in [-0.05, 0) is 13.3 Å². The van der Waals surface area contributed by atoms with Crippen molar-refractivity contribution in [1.82, 2.24) is 15.1 Å². The summed E-state index contributed by atoms with van der Waals surface area (Å²) in [5.41, 5.74) is -0.0747. The van der Waals surface area contributed by atoms with Crippen LogP contribution in [0.1, 0.15) is 20.3 Å². The third kappa shape index (κ3) is 5.02. The lowest BCUT2D eigenvalue weighted by molar-refractivity contribution is -0.121. The number of carbonyl (C=O) groups is 1. The molecule has 0 fully saturated rings. The van der Waals surface area contributed by atoms with Crippen molar-refractivity contribution in [1.29, 1.82) is 0 Å². The minimum Gasteiger partial charge on any atom is -0.383 e. The third-order valence-corrected chi connectivity index (χ3v) is 3.17. The summed E-state index contributed by atoms with van der Waals surface area (Å²) in [7, 11) is 1.54. The Morgan fingerprint density at radius 2 is 2.29 bits per heavy atom. The van der Waals surface area contributed by atoms with Crippen LogP contribution in [0.5, 0.6) is 0 Å². The average Bonchev–Trinajstić information content (AvgIpc) is 2.48. The topological polar surface area (TPSA) is 85.2 Å². The van der Waals surface area contributed by atoms with E-state index in [1.54, 1.807) is 14.0 Å². The molecule has 2 N–H and O–H groups in total. The zero-order valence-electron chi connectivity index (χ0n) is 12.5. The van der Waals surface area contributed by atoms with E-state index in [4.69, 9.17) is 16.3 Å². The molecule has 21 heavy (non-hydrogen) atoms. The standard InChI is InChI=1S/C13H21ClN4O3/c1-4-5-15-12(19)9(2)17-10-8-16-18(6-7-21-3)13(20)11(10)14/h8-9,17H,4-7H2,1-3H3,(H,15,19). The number of nitrogens with zero attached hydrogens (tertiary/aromatic N) is 2. The fourth-order valence-corrected chi connectivity index (χ4v) is 1.80. The van der Waals surface area contributed by atoms with Crippen LogP contribution in [0.25, 0.3) is 0 Å². The fourth-order valence-electron chi connectivity index (χ4n) is 1.60. The Morgan fingerprint density at radius 1 is 1.57 bits per heavy atom. The lowest BCUT2D eigenvalue weighted by Crippen LogP contribution is -2.38. The van der Waals surface area contributed by atoms with Gasteiger partial charge in [-0.3, -0.25) is 9.59 Å². The largest absolute Gasteiger partial charge is 0.383 e. The Hall–Kier alpha value is -1.60. The van der Waals surface area contributed by atoms with Crippen LogP contribution in [-0.4, -0.2) is 42.0 Å². The van der Waals surface area contributed by atoms with Gasteiger partial charge in [-0.25, -0.2) is 4.68 Å². The van der Waals surface area contributed by atoms with E-state index >= 15 is 0 Å². The molecule has 1 aromatic rings. The van der Waals surface area contributed by atoms with Gasteiger partial charge in [-0.1, -0.05) is 18.5 Å². The second-order valence-corrected chi connectivity index (χ2v) is 4.93. The first-order valence-electron chi connectivity index (χ1n) is 6.80. The lowest BCUT2D eigenvalue weighted by Gasteiger charge is -2.16. The number of hydrogen-bond donors (Lipinski definition) is 2. The van der Waals surface area contributed by atoms with Crippen molar-refractivity contribution in [2.24, 2.45) is 0 Å². The number of aromatic nitrogens is 2. The first-order valence-corrected chi connectivity index (χ1v) is 7.17. The maximum Gasteiger partial charge on any atom is 0.287 e. The highest BCUT2D eigenvalue weighted by molar-refractivity contribution is 6.33. The molecule has 0 aliphatic heterocycles. The minimum absolute atomic E-state index is 0.0104. The van der Waals surface area contributed by atoms with E-state index in [2.05, 4.69) is 15.7 Å². The first-order chi connectivity index (χ1) is 10.0. The SMILES string of the molecule is CCCNC(=O)C(C)Nc1cnn(CCOC)c(=O)c1Cl. The van der Waals surface area contributed by atoms with Gasteiger partial charge in [0.25, 0.3) is 5.56 Å². The van der Waals surface area contributed by atoms with Gasteiger partial charge < -0.3 is 15.4 Å². The van der Waals surface area contributed by atoms with Crippen LogP contribution in [0.3, 0.4) is 0 Å². The van der Waals surface area contributed by atoms with E-state index in [-0.39, 0.29) is 10.9 Å². The van der Waals surface area contributed by atoms with Crippen LogP contribution in [0.15, 0.2) is 11.0 Å². The second kappa shape index (κ2) is 8.63. The molecule has 0 aliphatic rings. The molecule has 1 atom stereocenters.